The quantitative estimate of drug-likeness (QED) is 0.724. The molecule has 29 heavy (non-hydrogen) atoms. The molecule has 1 aliphatic heterocycles. The van der Waals surface area contributed by atoms with E-state index in [0.29, 0.717) is 22.9 Å². The largest absolute Gasteiger partial charge is 0.495 e. The first-order chi connectivity index (χ1) is 13.7. The van der Waals surface area contributed by atoms with Gasteiger partial charge in [0.05, 0.1) is 34.4 Å². The number of carbonyl (C=O) groups excluding carboxylic acids is 2. The van der Waals surface area contributed by atoms with E-state index in [9.17, 15) is 18.0 Å². The van der Waals surface area contributed by atoms with Gasteiger partial charge in [-0.3, -0.25) is 9.59 Å². The van der Waals surface area contributed by atoms with E-state index in [1.54, 1.807) is 18.2 Å². The summed E-state index contributed by atoms with van der Waals surface area (Å²) in [7, 11) is -2.25. The highest BCUT2D eigenvalue weighted by atomic mass is 32.2. The SMILES string of the molecule is COc1ccc(C)cc1NC(=O)C[C@@H](C)S(=O)(=O)c1ccc2c(c1)NC(=O)CS2. The lowest BCUT2D eigenvalue weighted by Gasteiger charge is -2.19. The zero-order chi connectivity index (χ0) is 21.2. The molecule has 9 heteroatoms. The molecule has 0 spiro atoms. The number of rotatable bonds is 6. The topological polar surface area (TPSA) is 102 Å². The zero-order valence-corrected chi connectivity index (χ0v) is 17.9. The lowest BCUT2D eigenvalue weighted by atomic mass is 10.2. The first-order valence-corrected chi connectivity index (χ1v) is 11.5. The lowest BCUT2D eigenvalue weighted by Crippen LogP contribution is -2.25. The second kappa shape index (κ2) is 8.46. The Morgan fingerprint density at radius 3 is 2.76 bits per heavy atom. The molecule has 0 fully saturated rings. The van der Waals surface area contributed by atoms with Gasteiger partial charge in [-0.1, -0.05) is 6.07 Å². The molecule has 0 aliphatic carbocycles. The van der Waals surface area contributed by atoms with Crippen LogP contribution in [0.1, 0.15) is 18.9 Å². The first kappa shape index (κ1) is 21.2. The normalized spacial score (nSPS) is 14.5. The van der Waals surface area contributed by atoms with E-state index >= 15 is 0 Å². The van der Waals surface area contributed by atoms with Gasteiger partial charge in [0.25, 0.3) is 0 Å². The summed E-state index contributed by atoms with van der Waals surface area (Å²) in [6, 6.07) is 10.00. The summed E-state index contributed by atoms with van der Waals surface area (Å²) in [5, 5.41) is 4.47. The minimum atomic E-state index is -3.75. The van der Waals surface area contributed by atoms with Gasteiger partial charge in [-0.2, -0.15) is 0 Å². The second-order valence-corrected chi connectivity index (χ2v) is 10.2. The number of thioether (sulfide) groups is 1. The predicted octanol–water partition coefficient (Wildman–Crippen LogP) is 3.24. The van der Waals surface area contributed by atoms with Crippen LogP contribution in [-0.2, 0) is 19.4 Å². The third-order valence-electron chi connectivity index (χ3n) is 4.54. The third kappa shape index (κ3) is 4.73. The highest BCUT2D eigenvalue weighted by molar-refractivity contribution is 8.00. The summed E-state index contributed by atoms with van der Waals surface area (Å²) < 4.78 is 31.1. The summed E-state index contributed by atoms with van der Waals surface area (Å²) in [6.07, 6.45) is -0.211. The Bertz CT molecular complexity index is 1070. The van der Waals surface area contributed by atoms with Gasteiger partial charge in [-0.05, 0) is 49.7 Å². The maximum Gasteiger partial charge on any atom is 0.234 e. The molecule has 1 atom stereocenters. The first-order valence-electron chi connectivity index (χ1n) is 8.96. The number of aryl methyl sites for hydroxylation is 1. The number of ether oxygens (including phenoxy) is 1. The summed E-state index contributed by atoms with van der Waals surface area (Å²) in [4.78, 5) is 24.9. The van der Waals surface area contributed by atoms with E-state index in [2.05, 4.69) is 10.6 Å². The maximum absolute atomic E-state index is 12.9. The smallest absolute Gasteiger partial charge is 0.234 e. The van der Waals surface area contributed by atoms with Crippen LogP contribution >= 0.6 is 11.8 Å². The van der Waals surface area contributed by atoms with E-state index in [0.717, 1.165) is 10.5 Å². The molecule has 0 radical (unpaired) electrons. The van der Waals surface area contributed by atoms with Crippen LogP contribution in [0.4, 0.5) is 11.4 Å². The minimum Gasteiger partial charge on any atom is -0.495 e. The maximum atomic E-state index is 12.9. The number of anilines is 2. The number of methoxy groups -OCH3 is 1. The fraction of sp³-hybridized carbons (Fsp3) is 0.300. The molecule has 2 N–H and O–H groups in total. The molecule has 2 amide bonds. The van der Waals surface area contributed by atoms with Crippen molar-refractivity contribution < 1.29 is 22.7 Å². The predicted molar refractivity (Wildman–Crippen MR) is 113 cm³/mol. The molecule has 0 bridgehead atoms. The van der Waals surface area contributed by atoms with Crippen molar-refractivity contribution in [1.29, 1.82) is 0 Å². The van der Waals surface area contributed by atoms with Crippen LogP contribution in [0.25, 0.3) is 0 Å². The minimum absolute atomic E-state index is 0.0764. The standard InChI is InChI=1S/C20H22N2O5S2/c1-12-4-6-17(27-3)15(8-12)21-19(23)9-13(2)29(25,26)14-5-7-18-16(10-14)22-20(24)11-28-18/h4-8,10,13H,9,11H2,1-3H3,(H,21,23)(H,22,24)/t13-/m1/s1. The van der Waals surface area contributed by atoms with Crippen LogP contribution < -0.4 is 15.4 Å². The van der Waals surface area contributed by atoms with Gasteiger partial charge in [0.2, 0.25) is 11.8 Å². The molecule has 2 aromatic carbocycles. The highest BCUT2D eigenvalue weighted by Gasteiger charge is 2.28. The lowest BCUT2D eigenvalue weighted by molar-refractivity contribution is -0.116. The van der Waals surface area contributed by atoms with E-state index in [4.69, 9.17) is 4.74 Å². The Balaban J connectivity index is 1.75. The molecule has 0 unspecified atom stereocenters. The van der Waals surface area contributed by atoms with E-state index < -0.39 is 21.0 Å². The second-order valence-electron chi connectivity index (χ2n) is 6.81. The molecule has 2 aromatic rings. The van der Waals surface area contributed by atoms with Gasteiger partial charge >= 0.3 is 0 Å². The number of nitrogens with one attached hydrogen (secondary N) is 2. The number of sulfone groups is 1. The summed E-state index contributed by atoms with van der Waals surface area (Å²) in [6.45, 7) is 3.38. The van der Waals surface area contributed by atoms with Crippen molar-refractivity contribution in [3.63, 3.8) is 0 Å². The molecular formula is C20H22N2O5S2. The molecule has 1 heterocycles. The number of hydrogen-bond acceptors (Lipinski definition) is 6. The van der Waals surface area contributed by atoms with E-state index in [1.807, 2.05) is 13.0 Å². The molecular weight excluding hydrogens is 412 g/mol. The number of amides is 2. The number of hydrogen-bond donors (Lipinski definition) is 2. The average molecular weight is 435 g/mol. The van der Waals surface area contributed by atoms with E-state index in [-0.39, 0.29) is 17.2 Å². The van der Waals surface area contributed by atoms with Crippen LogP contribution in [0.3, 0.4) is 0 Å². The Morgan fingerprint density at radius 2 is 2.03 bits per heavy atom. The van der Waals surface area contributed by atoms with Gasteiger partial charge in [0, 0.05) is 11.3 Å². The van der Waals surface area contributed by atoms with Crippen LogP contribution in [-0.4, -0.2) is 38.3 Å². The van der Waals surface area contributed by atoms with Crippen LogP contribution in [0, 0.1) is 6.92 Å². The van der Waals surface area contributed by atoms with Crippen LogP contribution in [0.15, 0.2) is 46.2 Å². The Hall–Kier alpha value is -2.52. The summed E-state index contributed by atoms with van der Waals surface area (Å²) >= 11 is 1.36. The van der Waals surface area contributed by atoms with Crippen LogP contribution in [0.5, 0.6) is 5.75 Å². The summed E-state index contributed by atoms with van der Waals surface area (Å²) in [5.41, 5.74) is 1.92. The molecule has 1 aliphatic rings. The third-order valence-corrected chi connectivity index (χ3v) is 7.75. The van der Waals surface area contributed by atoms with Crippen molar-refractivity contribution in [2.45, 2.75) is 35.3 Å². The van der Waals surface area contributed by atoms with Gasteiger partial charge in [-0.15, -0.1) is 11.8 Å². The number of fused-ring (bicyclic) bond motifs is 1. The van der Waals surface area contributed by atoms with E-state index in [1.165, 1.54) is 37.9 Å². The van der Waals surface area contributed by atoms with Gasteiger partial charge in [-0.25, -0.2) is 8.42 Å². The van der Waals surface area contributed by atoms with Gasteiger partial charge in [0.15, 0.2) is 9.84 Å². The monoisotopic (exact) mass is 434 g/mol. The zero-order valence-electron chi connectivity index (χ0n) is 16.3. The molecule has 0 aromatic heterocycles. The van der Waals surface area contributed by atoms with Crippen molar-refractivity contribution in [3.8, 4) is 5.75 Å². The van der Waals surface area contributed by atoms with Gasteiger partial charge < -0.3 is 15.4 Å². The van der Waals surface area contributed by atoms with Crippen molar-refractivity contribution in [2.75, 3.05) is 23.5 Å². The van der Waals surface area contributed by atoms with Crippen molar-refractivity contribution in [2.24, 2.45) is 0 Å². The Labute approximate surface area is 174 Å². The fourth-order valence-electron chi connectivity index (χ4n) is 2.96. The summed E-state index contributed by atoms with van der Waals surface area (Å²) in [5.74, 6) is 0.212. The number of carbonyl (C=O) groups is 2. The Kier molecular flexibility index (Phi) is 6.18. The molecule has 7 nitrogen and oxygen atoms in total. The van der Waals surface area contributed by atoms with Crippen LogP contribution in [0.2, 0.25) is 0 Å². The molecule has 154 valence electrons. The average Bonchev–Trinajstić information content (AvgIpc) is 2.67. The molecule has 0 saturated heterocycles. The van der Waals surface area contributed by atoms with Crippen molar-refractivity contribution in [3.05, 3.63) is 42.0 Å². The number of benzene rings is 2. The molecule has 3 rings (SSSR count). The molecule has 0 saturated carbocycles. The highest BCUT2D eigenvalue weighted by Crippen LogP contribution is 2.34. The van der Waals surface area contributed by atoms with Crippen molar-refractivity contribution in [1.82, 2.24) is 0 Å². The Morgan fingerprint density at radius 1 is 1.28 bits per heavy atom. The fourth-order valence-corrected chi connectivity index (χ4v) is 5.13. The van der Waals surface area contributed by atoms with Gasteiger partial charge in [0.1, 0.15) is 5.75 Å². The van der Waals surface area contributed by atoms with Crippen molar-refractivity contribution >= 4 is 44.8 Å².